The minimum Gasteiger partial charge on any atom is -0.481 e. The highest BCUT2D eigenvalue weighted by atomic mass is 19.1. The third-order valence-corrected chi connectivity index (χ3v) is 3.50. The molecule has 0 bridgehead atoms. The van der Waals surface area contributed by atoms with Gasteiger partial charge >= 0.3 is 5.97 Å². The molecule has 1 aromatic rings. The number of rotatable bonds is 3. The van der Waals surface area contributed by atoms with Crippen LogP contribution in [0.25, 0.3) is 0 Å². The molecule has 0 radical (unpaired) electrons. The molecule has 102 valence electrons. The maximum atomic E-state index is 13.9. The van der Waals surface area contributed by atoms with Gasteiger partial charge in [-0.25, -0.2) is 4.39 Å². The molecular weight excluding hydrogens is 251 g/mol. The van der Waals surface area contributed by atoms with Gasteiger partial charge in [0.05, 0.1) is 11.6 Å². The van der Waals surface area contributed by atoms with Crippen LogP contribution in [0.1, 0.15) is 17.3 Å². The molecule has 3 N–H and O–H groups in total. The van der Waals surface area contributed by atoms with Crippen LogP contribution in [0.3, 0.4) is 0 Å². The number of benzene rings is 1. The lowest BCUT2D eigenvalue weighted by molar-refractivity contribution is -0.142. The summed E-state index contributed by atoms with van der Waals surface area (Å²) in [5.74, 6) is -2.68. The Labute approximate surface area is 109 Å². The molecule has 0 saturated carbocycles. The van der Waals surface area contributed by atoms with Crippen molar-refractivity contribution in [3.63, 3.8) is 0 Å². The summed E-state index contributed by atoms with van der Waals surface area (Å²) in [6.07, 6.45) is 0. The van der Waals surface area contributed by atoms with E-state index in [1.54, 1.807) is 4.90 Å². The van der Waals surface area contributed by atoms with Gasteiger partial charge in [0.25, 0.3) is 0 Å². The summed E-state index contributed by atoms with van der Waals surface area (Å²) in [4.78, 5) is 23.7. The summed E-state index contributed by atoms with van der Waals surface area (Å²) in [5.41, 5.74) is 5.48. The molecule has 1 amide bonds. The van der Waals surface area contributed by atoms with Crippen LogP contribution in [0.4, 0.5) is 10.1 Å². The van der Waals surface area contributed by atoms with Gasteiger partial charge in [0.2, 0.25) is 5.91 Å². The van der Waals surface area contributed by atoms with Crippen LogP contribution < -0.4 is 10.6 Å². The first kappa shape index (κ1) is 13.3. The number of primary amides is 1. The van der Waals surface area contributed by atoms with Crippen molar-refractivity contribution in [2.75, 3.05) is 18.0 Å². The summed E-state index contributed by atoms with van der Waals surface area (Å²) >= 11 is 0. The van der Waals surface area contributed by atoms with E-state index in [2.05, 4.69) is 0 Å². The standard InChI is InChI=1S/C13H15FN2O3/c1-7-5-16(6-9(7)13(18)19)11-3-2-8(12(15)17)4-10(11)14/h2-4,7,9H,5-6H2,1H3,(H2,15,17)(H,18,19)/t7-,9-/m1/s1. The number of carbonyl (C=O) groups is 2. The number of halogens is 1. The van der Waals surface area contributed by atoms with Crippen molar-refractivity contribution in [1.29, 1.82) is 0 Å². The highest BCUT2D eigenvalue weighted by Gasteiger charge is 2.35. The van der Waals surface area contributed by atoms with Crippen LogP contribution in [0.2, 0.25) is 0 Å². The summed E-state index contributed by atoms with van der Waals surface area (Å²) in [6.45, 7) is 2.57. The van der Waals surface area contributed by atoms with Crippen LogP contribution in [0, 0.1) is 17.7 Å². The van der Waals surface area contributed by atoms with Gasteiger partial charge in [-0.3, -0.25) is 9.59 Å². The molecule has 19 heavy (non-hydrogen) atoms. The van der Waals surface area contributed by atoms with E-state index in [0.717, 1.165) is 6.07 Å². The Bertz CT molecular complexity index is 533. The first-order valence-corrected chi connectivity index (χ1v) is 5.97. The number of nitrogens with zero attached hydrogens (tertiary/aromatic N) is 1. The first-order valence-electron chi connectivity index (χ1n) is 5.97. The molecule has 0 aliphatic carbocycles. The molecule has 0 aromatic heterocycles. The second-order valence-corrected chi connectivity index (χ2v) is 4.86. The zero-order chi connectivity index (χ0) is 14.2. The topological polar surface area (TPSA) is 83.6 Å². The molecule has 0 spiro atoms. The minimum absolute atomic E-state index is 0.0484. The Morgan fingerprint density at radius 2 is 2.11 bits per heavy atom. The molecule has 1 aliphatic rings. The number of carboxylic acids is 1. The molecule has 2 rings (SSSR count). The Morgan fingerprint density at radius 1 is 1.42 bits per heavy atom. The third kappa shape index (κ3) is 2.52. The van der Waals surface area contributed by atoms with Crippen molar-refractivity contribution in [2.24, 2.45) is 17.6 Å². The lowest BCUT2D eigenvalue weighted by Gasteiger charge is -2.19. The Balaban J connectivity index is 2.24. The quantitative estimate of drug-likeness (QED) is 0.857. The van der Waals surface area contributed by atoms with E-state index in [-0.39, 0.29) is 18.0 Å². The van der Waals surface area contributed by atoms with Gasteiger partial charge in [0, 0.05) is 18.7 Å². The molecule has 6 heteroatoms. The molecular formula is C13H15FN2O3. The van der Waals surface area contributed by atoms with E-state index in [1.165, 1.54) is 12.1 Å². The Hall–Kier alpha value is -2.11. The van der Waals surface area contributed by atoms with E-state index in [0.29, 0.717) is 12.2 Å². The molecule has 1 aromatic carbocycles. The molecule has 1 aliphatic heterocycles. The first-order chi connectivity index (χ1) is 8.90. The van der Waals surface area contributed by atoms with E-state index >= 15 is 0 Å². The van der Waals surface area contributed by atoms with Crippen molar-refractivity contribution >= 4 is 17.6 Å². The molecule has 2 atom stereocenters. The fourth-order valence-electron chi connectivity index (χ4n) is 2.40. The predicted molar refractivity (Wildman–Crippen MR) is 67.4 cm³/mol. The fraction of sp³-hybridized carbons (Fsp3) is 0.385. The van der Waals surface area contributed by atoms with E-state index in [4.69, 9.17) is 10.8 Å². The number of anilines is 1. The largest absolute Gasteiger partial charge is 0.481 e. The Morgan fingerprint density at radius 3 is 2.58 bits per heavy atom. The number of amides is 1. The third-order valence-electron chi connectivity index (χ3n) is 3.50. The second kappa shape index (κ2) is 4.87. The minimum atomic E-state index is -0.871. The number of carbonyl (C=O) groups excluding carboxylic acids is 1. The summed E-state index contributed by atoms with van der Waals surface area (Å²) < 4.78 is 13.9. The number of carboxylic acid groups (broad SMARTS) is 1. The summed E-state index contributed by atoms with van der Waals surface area (Å²) in [5, 5.41) is 9.05. The van der Waals surface area contributed by atoms with Gasteiger partial charge in [0.15, 0.2) is 0 Å². The van der Waals surface area contributed by atoms with Crippen molar-refractivity contribution in [3.05, 3.63) is 29.6 Å². The number of aliphatic carboxylic acids is 1. The van der Waals surface area contributed by atoms with Gasteiger partial charge in [0.1, 0.15) is 5.82 Å². The van der Waals surface area contributed by atoms with Crippen molar-refractivity contribution in [1.82, 2.24) is 0 Å². The van der Waals surface area contributed by atoms with E-state index in [1.807, 2.05) is 6.92 Å². The van der Waals surface area contributed by atoms with Crippen LogP contribution >= 0.6 is 0 Å². The van der Waals surface area contributed by atoms with E-state index in [9.17, 15) is 14.0 Å². The van der Waals surface area contributed by atoms with Crippen molar-refractivity contribution in [2.45, 2.75) is 6.92 Å². The normalized spacial score (nSPS) is 22.5. The van der Waals surface area contributed by atoms with E-state index < -0.39 is 23.6 Å². The second-order valence-electron chi connectivity index (χ2n) is 4.86. The summed E-state index contributed by atoms with van der Waals surface area (Å²) in [7, 11) is 0. The van der Waals surface area contributed by atoms with Crippen LogP contribution in [-0.2, 0) is 4.79 Å². The molecule has 1 heterocycles. The SMILES string of the molecule is C[C@@H]1CN(c2ccc(C(N)=O)cc2F)C[C@H]1C(=O)O. The molecule has 5 nitrogen and oxygen atoms in total. The van der Waals surface area contributed by atoms with Gasteiger partial charge in [-0.15, -0.1) is 0 Å². The highest BCUT2D eigenvalue weighted by Crippen LogP contribution is 2.30. The molecule has 1 fully saturated rings. The van der Waals surface area contributed by atoms with Crippen molar-refractivity contribution in [3.8, 4) is 0 Å². The molecule has 0 unspecified atom stereocenters. The van der Waals surface area contributed by atoms with Gasteiger partial charge in [-0.1, -0.05) is 6.92 Å². The maximum absolute atomic E-state index is 13.9. The maximum Gasteiger partial charge on any atom is 0.308 e. The lowest BCUT2D eigenvalue weighted by Crippen LogP contribution is -2.24. The number of hydrogen-bond donors (Lipinski definition) is 2. The smallest absolute Gasteiger partial charge is 0.308 e. The van der Waals surface area contributed by atoms with Crippen LogP contribution in [-0.4, -0.2) is 30.1 Å². The predicted octanol–water partition coefficient (Wildman–Crippen LogP) is 1.08. The number of hydrogen-bond acceptors (Lipinski definition) is 3. The average Bonchev–Trinajstić information content (AvgIpc) is 2.71. The average molecular weight is 266 g/mol. The molecule has 1 saturated heterocycles. The Kier molecular flexibility index (Phi) is 3.42. The highest BCUT2D eigenvalue weighted by molar-refractivity contribution is 5.93. The van der Waals surface area contributed by atoms with Crippen LogP contribution in [0.5, 0.6) is 0 Å². The fourth-order valence-corrected chi connectivity index (χ4v) is 2.40. The zero-order valence-electron chi connectivity index (χ0n) is 10.5. The van der Waals surface area contributed by atoms with Crippen molar-refractivity contribution < 1.29 is 19.1 Å². The van der Waals surface area contributed by atoms with Crippen LogP contribution in [0.15, 0.2) is 18.2 Å². The lowest BCUT2D eigenvalue weighted by atomic mass is 9.99. The van der Waals surface area contributed by atoms with Gasteiger partial charge in [-0.2, -0.15) is 0 Å². The van der Waals surface area contributed by atoms with Gasteiger partial charge < -0.3 is 15.7 Å². The zero-order valence-corrected chi connectivity index (χ0v) is 10.5. The monoisotopic (exact) mass is 266 g/mol. The van der Waals surface area contributed by atoms with Gasteiger partial charge in [-0.05, 0) is 24.1 Å². The summed E-state index contributed by atoms with van der Waals surface area (Å²) in [6, 6.07) is 3.99. The number of nitrogens with two attached hydrogens (primary N) is 1.